The average Bonchev–Trinajstić information content (AvgIpc) is 2.81. The van der Waals surface area contributed by atoms with Crippen molar-refractivity contribution in [3.63, 3.8) is 0 Å². The van der Waals surface area contributed by atoms with E-state index in [1.807, 2.05) is 6.07 Å². The van der Waals surface area contributed by atoms with Crippen LogP contribution >= 0.6 is 0 Å². The lowest BCUT2D eigenvalue weighted by molar-refractivity contribution is 0.328. The molecule has 0 aromatic carbocycles. The van der Waals surface area contributed by atoms with Crippen LogP contribution < -0.4 is 10.2 Å². The van der Waals surface area contributed by atoms with Gasteiger partial charge in [-0.25, -0.2) is 4.98 Å². The molecule has 0 saturated carbocycles. The van der Waals surface area contributed by atoms with Gasteiger partial charge in [-0.2, -0.15) is 0 Å². The first kappa shape index (κ1) is 15.8. The van der Waals surface area contributed by atoms with Crippen molar-refractivity contribution in [1.29, 1.82) is 0 Å². The summed E-state index contributed by atoms with van der Waals surface area (Å²) in [5.74, 6) is 1.07. The van der Waals surface area contributed by atoms with E-state index >= 15 is 0 Å². The molecule has 2 aromatic rings. The summed E-state index contributed by atoms with van der Waals surface area (Å²) < 4.78 is 2.18. The van der Waals surface area contributed by atoms with Gasteiger partial charge in [0.05, 0.1) is 5.69 Å². The van der Waals surface area contributed by atoms with Crippen molar-refractivity contribution in [2.75, 3.05) is 18.5 Å². The Morgan fingerprint density at radius 2 is 2.05 bits per heavy atom. The van der Waals surface area contributed by atoms with Crippen LogP contribution in [-0.4, -0.2) is 29.0 Å². The Balaban J connectivity index is 2.46. The van der Waals surface area contributed by atoms with Crippen LogP contribution in [0.1, 0.15) is 40.3 Å². The van der Waals surface area contributed by atoms with Crippen LogP contribution in [0.5, 0.6) is 0 Å². The Labute approximate surface area is 128 Å². The van der Waals surface area contributed by atoms with E-state index in [1.54, 1.807) is 0 Å². The number of aromatic nitrogens is 2. The summed E-state index contributed by atoms with van der Waals surface area (Å²) in [6.07, 6.45) is 2.09. The first-order valence-corrected chi connectivity index (χ1v) is 7.75. The molecular formula is C17H28N4. The van der Waals surface area contributed by atoms with Crippen LogP contribution in [0.25, 0.3) is 5.65 Å². The summed E-state index contributed by atoms with van der Waals surface area (Å²) in [5.41, 5.74) is 2.44. The Kier molecular flexibility index (Phi) is 4.57. The molecule has 0 fully saturated rings. The molecule has 1 N–H and O–H groups in total. The fraction of sp³-hybridized carbons (Fsp3) is 0.588. The van der Waals surface area contributed by atoms with Crippen LogP contribution in [0.4, 0.5) is 5.82 Å². The molecule has 0 spiro atoms. The lowest BCUT2D eigenvalue weighted by Crippen LogP contribution is -2.40. The van der Waals surface area contributed by atoms with Crippen molar-refractivity contribution in [3.8, 4) is 0 Å². The number of pyridine rings is 1. The van der Waals surface area contributed by atoms with Gasteiger partial charge in [0.2, 0.25) is 0 Å². The van der Waals surface area contributed by atoms with Gasteiger partial charge in [0, 0.05) is 25.8 Å². The van der Waals surface area contributed by atoms with Crippen LogP contribution in [0.3, 0.4) is 0 Å². The van der Waals surface area contributed by atoms with E-state index in [1.165, 1.54) is 5.69 Å². The van der Waals surface area contributed by atoms with Crippen molar-refractivity contribution in [3.05, 3.63) is 30.1 Å². The lowest BCUT2D eigenvalue weighted by Gasteiger charge is -2.36. The monoisotopic (exact) mass is 288 g/mol. The Bertz CT molecular complexity index is 594. The third-order valence-electron chi connectivity index (χ3n) is 4.32. The van der Waals surface area contributed by atoms with Gasteiger partial charge in [-0.05, 0) is 31.0 Å². The maximum Gasteiger partial charge on any atom is 0.152 e. The van der Waals surface area contributed by atoms with Gasteiger partial charge in [-0.1, -0.05) is 33.8 Å². The normalized spacial score (nSPS) is 13.6. The number of fused-ring (bicyclic) bond motifs is 1. The standard InChI is InChI=1S/C17H28N4/c1-7-18-12-14-16(20(6)13(2)17(3,4)5)19-15-10-8-9-11-21(14)15/h8-11,13,18H,7,12H2,1-6H3. The minimum Gasteiger partial charge on any atom is -0.355 e. The topological polar surface area (TPSA) is 32.6 Å². The van der Waals surface area contributed by atoms with E-state index < -0.39 is 0 Å². The number of rotatable bonds is 5. The maximum atomic E-state index is 4.85. The minimum atomic E-state index is 0.208. The van der Waals surface area contributed by atoms with Gasteiger partial charge in [0.1, 0.15) is 5.65 Å². The molecule has 0 amide bonds. The molecule has 2 rings (SSSR count). The summed E-state index contributed by atoms with van der Waals surface area (Å²) in [6, 6.07) is 6.56. The number of hydrogen-bond donors (Lipinski definition) is 1. The fourth-order valence-electron chi connectivity index (χ4n) is 2.49. The smallest absolute Gasteiger partial charge is 0.152 e. The van der Waals surface area contributed by atoms with Crippen molar-refractivity contribution in [2.45, 2.75) is 47.2 Å². The summed E-state index contributed by atoms with van der Waals surface area (Å²) in [4.78, 5) is 7.15. The molecule has 1 unspecified atom stereocenters. The summed E-state index contributed by atoms with van der Waals surface area (Å²) >= 11 is 0. The molecule has 0 radical (unpaired) electrons. The highest BCUT2D eigenvalue weighted by Crippen LogP contribution is 2.29. The number of nitrogens with one attached hydrogen (secondary N) is 1. The zero-order valence-corrected chi connectivity index (χ0v) is 14.1. The van der Waals surface area contributed by atoms with E-state index in [0.717, 1.165) is 24.6 Å². The van der Waals surface area contributed by atoms with E-state index in [-0.39, 0.29) is 5.41 Å². The van der Waals surface area contributed by atoms with E-state index in [9.17, 15) is 0 Å². The van der Waals surface area contributed by atoms with Crippen LogP contribution in [0.2, 0.25) is 0 Å². The van der Waals surface area contributed by atoms with E-state index in [4.69, 9.17) is 4.98 Å². The van der Waals surface area contributed by atoms with Gasteiger partial charge in [0.25, 0.3) is 0 Å². The maximum absolute atomic E-state index is 4.85. The molecule has 116 valence electrons. The summed E-state index contributed by atoms with van der Waals surface area (Å²) in [6.45, 7) is 13.0. The van der Waals surface area contributed by atoms with Gasteiger partial charge in [-0.3, -0.25) is 0 Å². The summed E-state index contributed by atoms with van der Waals surface area (Å²) in [5, 5.41) is 3.43. The molecule has 1 atom stereocenters. The molecule has 0 aliphatic carbocycles. The van der Waals surface area contributed by atoms with Gasteiger partial charge < -0.3 is 14.6 Å². The highest BCUT2D eigenvalue weighted by Gasteiger charge is 2.27. The number of anilines is 1. The third-order valence-corrected chi connectivity index (χ3v) is 4.32. The van der Waals surface area contributed by atoms with Crippen LogP contribution in [-0.2, 0) is 6.54 Å². The van der Waals surface area contributed by atoms with Crippen LogP contribution in [0, 0.1) is 5.41 Å². The second kappa shape index (κ2) is 6.06. The highest BCUT2D eigenvalue weighted by molar-refractivity contribution is 5.56. The molecule has 0 saturated heterocycles. The zero-order valence-electron chi connectivity index (χ0n) is 14.1. The van der Waals surface area contributed by atoms with E-state index in [0.29, 0.717) is 6.04 Å². The molecule has 0 aliphatic heterocycles. The second-order valence-corrected chi connectivity index (χ2v) is 6.74. The largest absolute Gasteiger partial charge is 0.355 e. The SMILES string of the molecule is CCNCc1c(N(C)C(C)C(C)(C)C)nc2ccccn12. The number of imidazole rings is 1. The Morgan fingerprint density at radius 3 is 2.67 bits per heavy atom. The van der Waals surface area contributed by atoms with Crippen molar-refractivity contribution < 1.29 is 0 Å². The highest BCUT2D eigenvalue weighted by atomic mass is 15.2. The average molecular weight is 288 g/mol. The quantitative estimate of drug-likeness (QED) is 0.916. The first-order chi connectivity index (χ1) is 9.86. The molecular weight excluding hydrogens is 260 g/mol. The van der Waals surface area contributed by atoms with Gasteiger partial charge >= 0.3 is 0 Å². The van der Waals surface area contributed by atoms with Crippen LogP contribution in [0.15, 0.2) is 24.4 Å². The summed E-state index contributed by atoms with van der Waals surface area (Å²) in [7, 11) is 2.15. The predicted molar refractivity (Wildman–Crippen MR) is 89.9 cm³/mol. The fourth-order valence-corrected chi connectivity index (χ4v) is 2.49. The number of nitrogens with zero attached hydrogens (tertiary/aromatic N) is 3. The lowest BCUT2D eigenvalue weighted by atomic mass is 9.87. The zero-order chi connectivity index (χ0) is 15.6. The van der Waals surface area contributed by atoms with Gasteiger partial charge in [0.15, 0.2) is 5.82 Å². The number of hydrogen-bond acceptors (Lipinski definition) is 3. The molecule has 21 heavy (non-hydrogen) atoms. The Morgan fingerprint density at radius 1 is 1.33 bits per heavy atom. The molecule has 0 aliphatic rings. The van der Waals surface area contributed by atoms with Crippen molar-refractivity contribution in [2.24, 2.45) is 5.41 Å². The molecule has 4 nitrogen and oxygen atoms in total. The first-order valence-electron chi connectivity index (χ1n) is 7.75. The molecule has 0 bridgehead atoms. The molecule has 2 heterocycles. The molecule has 2 aromatic heterocycles. The Hall–Kier alpha value is -1.55. The molecule has 4 heteroatoms. The predicted octanol–water partition coefficient (Wildman–Crippen LogP) is 3.31. The van der Waals surface area contributed by atoms with Crippen molar-refractivity contribution in [1.82, 2.24) is 14.7 Å². The minimum absolute atomic E-state index is 0.208. The van der Waals surface area contributed by atoms with Gasteiger partial charge in [-0.15, -0.1) is 0 Å². The third kappa shape index (κ3) is 3.21. The van der Waals surface area contributed by atoms with E-state index in [2.05, 4.69) is 74.6 Å². The van der Waals surface area contributed by atoms with Crippen molar-refractivity contribution >= 4 is 11.5 Å². The second-order valence-electron chi connectivity index (χ2n) is 6.74.